The summed E-state index contributed by atoms with van der Waals surface area (Å²) >= 11 is 0. The molecule has 1 aliphatic heterocycles. The molecule has 1 aliphatic rings. The van der Waals surface area contributed by atoms with Gasteiger partial charge in [-0.2, -0.15) is 0 Å². The number of aliphatic hydroxyl groups is 2. The average Bonchev–Trinajstić information content (AvgIpc) is 4.08. The molecule has 6 rings (SSSR count). The van der Waals surface area contributed by atoms with E-state index in [0.29, 0.717) is 35.1 Å². The second kappa shape index (κ2) is 32.1. The van der Waals surface area contributed by atoms with Crippen LogP contribution in [-0.4, -0.2) is 158 Å². The number of aromatic amines is 1. The Hall–Kier alpha value is -7.81. The summed E-state index contributed by atoms with van der Waals surface area (Å²) in [7, 11) is 1.95. The number of hydrogen-bond donors (Lipinski definition) is 14. The average molecular weight is 1180 g/mol. The number of aliphatic carboxylic acids is 1. The Balaban J connectivity index is 1.40. The highest BCUT2D eigenvalue weighted by Crippen LogP contribution is 2.24. The fraction of sp³-hybridized carbons (Fsp3) is 0.397. The van der Waals surface area contributed by atoms with Gasteiger partial charge in [0.15, 0.2) is 0 Å². The number of carbonyl (C=O) groups excluding carboxylic acids is 8. The third-order valence-electron chi connectivity index (χ3n) is 13.7. The zero-order valence-electron chi connectivity index (χ0n) is 46.0. The second-order valence-electron chi connectivity index (χ2n) is 20.3. The minimum atomic E-state index is -1.77. The van der Waals surface area contributed by atoms with E-state index in [1.54, 1.807) is 103 Å². The number of amides is 8. The summed E-state index contributed by atoms with van der Waals surface area (Å²) in [6.07, 6.45) is -1.37. The molecule has 0 aliphatic carbocycles. The van der Waals surface area contributed by atoms with Crippen LogP contribution in [0.1, 0.15) is 55.4 Å². The Morgan fingerprint density at radius 3 is 1.39 bits per heavy atom. The number of carboxylic acids is 1. The van der Waals surface area contributed by atoms with Gasteiger partial charge in [0, 0.05) is 54.3 Å². The SMILES string of the molecule is CC(O)C1NC(=O)C(Cc2ccccc2)NC(=O)C(C(C)O)NC(=O)C(CCCCN)NC(=O)C(Cc2c[nH]c3ccccc23)NC(=O)C(Cc2ccccc2)NC(=O)C(Cc2ccccc2)NC(=O)C(N)CSSCC(C(=O)O)NC1=O. The summed E-state index contributed by atoms with van der Waals surface area (Å²) in [5.41, 5.74) is 15.4. The van der Waals surface area contributed by atoms with Crippen LogP contribution in [0.25, 0.3) is 10.9 Å². The Morgan fingerprint density at radius 2 is 0.904 bits per heavy atom. The predicted molar refractivity (Wildman–Crippen MR) is 315 cm³/mol. The number of H-pyrrole nitrogens is 1. The van der Waals surface area contributed by atoms with E-state index in [9.17, 15) is 58.5 Å². The van der Waals surface area contributed by atoms with Crippen LogP contribution in [0.4, 0.5) is 0 Å². The Bertz CT molecular complexity index is 2990. The first-order valence-corrected chi connectivity index (χ1v) is 29.7. The molecular formula is C58H73N11O12S2. The lowest BCUT2D eigenvalue weighted by atomic mass is 10.00. The molecule has 2 heterocycles. The summed E-state index contributed by atoms with van der Waals surface area (Å²) in [6.45, 7) is 2.62. The molecule has 83 heavy (non-hydrogen) atoms. The molecule has 0 spiro atoms. The van der Waals surface area contributed by atoms with Gasteiger partial charge in [0.05, 0.1) is 18.2 Å². The van der Waals surface area contributed by atoms with Crippen molar-refractivity contribution < 1.29 is 58.5 Å². The van der Waals surface area contributed by atoms with Gasteiger partial charge < -0.3 is 74.3 Å². The van der Waals surface area contributed by atoms with Crippen molar-refractivity contribution in [3.05, 3.63) is 144 Å². The van der Waals surface area contributed by atoms with Crippen molar-refractivity contribution in [1.82, 2.24) is 47.5 Å². The summed E-state index contributed by atoms with van der Waals surface area (Å²) in [4.78, 5) is 131. The fourth-order valence-electron chi connectivity index (χ4n) is 9.09. The van der Waals surface area contributed by atoms with Gasteiger partial charge in [0.2, 0.25) is 47.3 Å². The Kier molecular flexibility index (Phi) is 24.9. The van der Waals surface area contributed by atoms with Gasteiger partial charge in [-0.05, 0) is 68.0 Å². The lowest BCUT2D eigenvalue weighted by molar-refractivity contribution is -0.142. The van der Waals surface area contributed by atoms with E-state index in [1.165, 1.54) is 13.8 Å². The van der Waals surface area contributed by atoms with Crippen molar-refractivity contribution in [2.45, 2.75) is 125 Å². The number of rotatable bonds is 15. The lowest BCUT2D eigenvalue weighted by Gasteiger charge is -2.29. The van der Waals surface area contributed by atoms with Crippen LogP contribution in [-0.2, 0) is 68.8 Å². The molecule has 11 unspecified atom stereocenters. The number of nitrogens with one attached hydrogen (secondary N) is 9. The maximum atomic E-state index is 14.9. The van der Waals surface area contributed by atoms with Gasteiger partial charge in [-0.25, -0.2) is 4.79 Å². The van der Waals surface area contributed by atoms with Crippen LogP contribution in [0, 0.1) is 0 Å². The van der Waals surface area contributed by atoms with E-state index in [0.717, 1.165) is 32.5 Å². The van der Waals surface area contributed by atoms with E-state index in [1.807, 2.05) is 18.2 Å². The van der Waals surface area contributed by atoms with Crippen LogP contribution in [0.15, 0.2) is 121 Å². The highest BCUT2D eigenvalue weighted by molar-refractivity contribution is 8.76. The number of unbranched alkanes of at least 4 members (excludes halogenated alkanes) is 1. The second-order valence-corrected chi connectivity index (χ2v) is 22.8. The van der Waals surface area contributed by atoms with Gasteiger partial charge in [-0.15, -0.1) is 0 Å². The predicted octanol–water partition coefficient (Wildman–Crippen LogP) is 0.0144. The molecular weight excluding hydrogens is 1110 g/mol. The molecule has 4 aromatic carbocycles. The number of aromatic nitrogens is 1. The molecule has 444 valence electrons. The maximum absolute atomic E-state index is 14.9. The monoisotopic (exact) mass is 1180 g/mol. The number of para-hydroxylation sites is 1. The molecule has 0 radical (unpaired) electrons. The molecule has 0 saturated carbocycles. The Labute approximate surface area is 488 Å². The van der Waals surface area contributed by atoms with Crippen LogP contribution < -0.4 is 54.0 Å². The van der Waals surface area contributed by atoms with E-state index in [4.69, 9.17) is 11.5 Å². The van der Waals surface area contributed by atoms with Crippen molar-refractivity contribution in [3.63, 3.8) is 0 Å². The van der Waals surface area contributed by atoms with Gasteiger partial charge in [-0.3, -0.25) is 38.4 Å². The molecule has 11 atom stereocenters. The first-order chi connectivity index (χ1) is 39.8. The number of carboxylic acid groups (broad SMARTS) is 1. The summed E-state index contributed by atoms with van der Waals surface area (Å²) in [5.74, 6) is -9.14. The van der Waals surface area contributed by atoms with Gasteiger partial charge in [0.25, 0.3) is 0 Å². The first kappa shape index (κ1) is 64.4. The van der Waals surface area contributed by atoms with E-state index < -0.39 is 120 Å². The number of nitrogens with two attached hydrogens (primary N) is 2. The molecule has 0 bridgehead atoms. The molecule has 1 fully saturated rings. The number of hydrogen-bond acceptors (Lipinski definition) is 15. The van der Waals surface area contributed by atoms with Crippen LogP contribution >= 0.6 is 21.6 Å². The normalized spacial score (nSPS) is 24.3. The van der Waals surface area contributed by atoms with Crippen LogP contribution in [0.3, 0.4) is 0 Å². The third kappa shape index (κ3) is 19.7. The number of carbonyl (C=O) groups is 9. The minimum Gasteiger partial charge on any atom is -0.480 e. The molecule has 25 heteroatoms. The largest absolute Gasteiger partial charge is 0.480 e. The minimum absolute atomic E-state index is 0.0382. The zero-order chi connectivity index (χ0) is 60.0. The maximum Gasteiger partial charge on any atom is 0.327 e. The summed E-state index contributed by atoms with van der Waals surface area (Å²) in [6, 6.07) is 19.7. The third-order valence-corrected chi connectivity index (χ3v) is 16.1. The highest BCUT2D eigenvalue weighted by atomic mass is 33.1. The molecule has 1 aromatic heterocycles. The number of fused-ring (bicyclic) bond motifs is 1. The topological polar surface area (TPSA) is 378 Å². The van der Waals surface area contributed by atoms with E-state index in [2.05, 4.69) is 47.5 Å². The smallest absolute Gasteiger partial charge is 0.327 e. The summed E-state index contributed by atoms with van der Waals surface area (Å²) in [5, 5.41) is 53.8. The van der Waals surface area contributed by atoms with Crippen molar-refractivity contribution in [1.29, 1.82) is 0 Å². The molecule has 8 amide bonds. The highest BCUT2D eigenvalue weighted by Gasteiger charge is 2.38. The van der Waals surface area contributed by atoms with Crippen molar-refractivity contribution >= 4 is 85.7 Å². The van der Waals surface area contributed by atoms with Gasteiger partial charge in [0.1, 0.15) is 48.3 Å². The van der Waals surface area contributed by atoms with Crippen molar-refractivity contribution in [3.8, 4) is 0 Å². The fourth-order valence-corrected chi connectivity index (χ4v) is 11.4. The van der Waals surface area contributed by atoms with Gasteiger partial charge >= 0.3 is 5.97 Å². The van der Waals surface area contributed by atoms with E-state index >= 15 is 0 Å². The molecule has 23 nitrogen and oxygen atoms in total. The molecule has 5 aromatic rings. The standard InChI is InChI=1S/C58H73N11O12S2/c1-33(70)48-56(78)66-45(28-37-20-10-5-11-21-37)55(77)69-49(34(2)71)57(79)67-47(58(80)81)32-83-82-31-40(60)50(72)63-43(26-35-16-6-3-7-17-35)52(74)64-44(27-36-18-8-4-9-19-36)53(75)65-46(29-38-30-61-41-23-13-12-22-39(38)41)54(76)62-42(51(73)68-48)24-14-15-25-59/h3-13,16-23,30,33-34,40,42-49,61,70-71H,14-15,24-29,31-32,59-60H2,1-2H3,(H,62,76)(H,63,72)(H,64,74)(H,65,75)(H,66,78)(H,67,79)(H,68,73)(H,69,77)(H,80,81). The van der Waals surface area contributed by atoms with Crippen molar-refractivity contribution in [2.75, 3.05) is 18.1 Å². The Morgan fingerprint density at radius 1 is 0.506 bits per heavy atom. The summed E-state index contributed by atoms with van der Waals surface area (Å²) < 4.78 is 0. The van der Waals surface area contributed by atoms with Crippen molar-refractivity contribution in [2.24, 2.45) is 11.5 Å². The quantitative estimate of drug-likeness (QED) is 0.0485. The zero-order valence-corrected chi connectivity index (χ0v) is 47.6. The number of benzene rings is 4. The van der Waals surface area contributed by atoms with Crippen LogP contribution in [0.2, 0.25) is 0 Å². The van der Waals surface area contributed by atoms with Gasteiger partial charge in [-0.1, -0.05) is 131 Å². The first-order valence-electron chi connectivity index (χ1n) is 27.2. The molecule has 16 N–H and O–H groups in total. The lowest BCUT2D eigenvalue weighted by Crippen LogP contribution is -2.63. The van der Waals surface area contributed by atoms with E-state index in [-0.39, 0.29) is 50.2 Å². The molecule has 1 saturated heterocycles. The number of aliphatic hydroxyl groups excluding tert-OH is 2. The van der Waals surface area contributed by atoms with Crippen LogP contribution in [0.5, 0.6) is 0 Å².